The predicted molar refractivity (Wildman–Crippen MR) is 83.9 cm³/mol. The molecule has 0 aliphatic carbocycles. The fraction of sp³-hybridized carbons (Fsp3) is 0.133. The Morgan fingerprint density at radius 1 is 1.30 bits per heavy atom. The van der Waals surface area contributed by atoms with Gasteiger partial charge in [0.1, 0.15) is 11.4 Å². The molecule has 0 amide bonds. The van der Waals surface area contributed by atoms with E-state index in [4.69, 9.17) is 13.9 Å². The van der Waals surface area contributed by atoms with E-state index in [1.165, 1.54) is 0 Å². The first-order valence-corrected chi connectivity index (χ1v) is 7.43. The smallest absolute Gasteiger partial charge is 0.355 e. The van der Waals surface area contributed by atoms with Crippen molar-refractivity contribution < 1.29 is 18.7 Å². The Bertz CT molecular complexity index is 810. The molecule has 118 valence electrons. The zero-order valence-corrected chi connectivity index (χ0v) is 13.7. The number of ether oxygens (including phenoxy) is 2. The van der Waals surface area contributed by atoms with Crippen LogP contribution in [-0.4, -0.2) is 28.3 Å². The molecule has 0 saturated heterocycles. The van der Waals surface area contributed by atoms with Crippen LogP contribution < -0.4 is 4.74 Å². The molecular formula is C15H12BrN3O4. The number of methoxy groups -OCH3 is 1. The molecule has 0 spiro atoms. The molecule has 2 heterocycles. The SMILES string of the molecule is COc1ccc(-c2nnc(COC(=O)c3cc(Br)c[nH]3)o2)cc1. The quantitative estimate of drug-likeness (QED) is 0.686. The molecule has 0 bridgehead atoms. The van der Waals surface area contributed by atoms with E-state index in [1.54, 1.807) is 43.6 Å². The van der Waals surface area contributed by atoms with E-state index >= 15 is 0 Å². The minimum Gasteiger partial charge on any atom is -0.497 e. The lowest BCUT2D eigenvalue weighted by molar-refractivity contribution is 0.0432. The second-order valence-electron chi connectivity index (χ2n) is 4.54. The summed E-state index contributed by atoms with van der Waals surface area (Å²) in [6.07, 6.45) is 1.64. The summed E-state index contributed by atoms with van der Waals surface area (Å²) >= 11 is 3.25. The van der Waals surface area contributed by atoms with E-state index in [2.05, 4.69) is 31.1 Å². The lowest BCUT2D eigenvalue weighted by Crippen LogP contribution is -2.05. The van der Waals surface area contributed by atoms with E-state index < -0.39 is 5.97 Å². The number of H-pyrrole nitrogens is 1. The Labute approximate surface area is 139 Å². The maximum Gasteiger partial charge on any atom is 0.355 e. The minimum absolute atomic E-state index is 0.0986. The molecule has 7 nitrogen and oxygen atoms in total. The number of carbonyl (C=O) groups is 1. The van der Waals surface area contributed by atoms with Crippen LogP contribution in [0, 0.1) is 0 Å². The third-order valence-electron chi connectivity index (χ3n) is 3.00. The molecule has 1 aromatic carbocycles. The predicted octanol–water partition coefficient (Wildman–Crippen LogP) is 3.19. The van der Waals surface area contributed by atoms with Crippen molar-refractivity contribution in [1.82, 2.24) is 15.2 Å². The summed E-state index contributed by atoms with van der Waals surface area (Å²) in [5.74, 6) is 0.801. The highest BCUT2D eigenvalue weighted by atomic mass is 79.9. The number of esters is 1. The maximum absolute atomic E-state index is 11.8. The van der Waals surface area contributed by atoms with Crippen LogP contribution in [0.4, 0.5) is 0 Å². The van der Waals surface area contributed by atoms with Crippen molar-refractivity contribution in [3.8, 4) is 17.2 Å². The van der Waals surface area contributed by atoms with Gasteiger partial charge in [-0.1, -0.05) is 0 Å². The number of aromatic amines is 1. The van der Waals surface area contributed by atoms with Crippen LogP contribution in [0.2, 0.25) is 0 Å². The molecular weight excluding hydrogens is 366 g/mol. The van der Waals surface area contributed by atoms with Gasteiger partial charge in [-0.3, -0.25) is 0 Å². The number of hydrogen-bond donors (Lipinski definition) is 1. The average molecular weight is 378 g/mol. The summed E-state index contributed by atoms with van der Waals surface area (Å²) in [5, 5.41) is 7.79. The van der Waals surface area contributed by atoms with Gasteiger partial charge in [0.2, 0.25) is 5.89 Å². The van der Waals surface area contributed by atoms with Crippen molar-refractivity contribution in [2.75, 3.05) is 7.11 Å². The largest absolute Gasteiger partial charge is 0.497 e. The number of hydrogen-bond acceptors (Lipinski definition) is 6. The van der Waals surface area contributed by atoms with Crippen molar-refractivity contribution >= 4 is 21.9 Å². The standard InChI is InChI=1S/C15H12BrN3O4/c1-21-11-4-2-9(3-5-11)14-19-18-13(23-14)8-22-15(20)12-6-10(16)7-17-12/h2-7,17H,8H2,1H3. The molecule has 0 aliphatic rings. The van der Waals surface area contributed by atoms with E-state index in [-0.39, 0.29) is 12.5 Å². The average Bonchev–Trinajstić information content (AvgIpc) is 3.22. The molecule has 1 N–H and O–H groups in total. The fourth-order valence-electron chi connectivity index (χ4n) is 1.85. The fourth-order valence-corrected chi connectivity index (χ4v) is 2.20. The first-order valence-electron chi connectivity index (χ1n) is 6.63. The van der Waals surface area contributed by atoms with Crippen LogP contribution in [0.1, 0.15) is 16.4 Å². The Hall–Kier alpha value is -2.61. The lowest BCUT2D eigenvalue weighted by atomic mass is 10.2. The maximum atomic E-state index is 11.8. The van der Waals surface area contributed by atoms with Gasteiger partial charge in [-0.2, -0.15) is 0 Å². The zero-order valence-electron chi connectivity index (χ0n) is 12.1. The number of halogens is 1. The minimum atomic E-state index is -0.500. The topological polar surface area (TPSA) is 90.2 Å². The van der Waals surface area contributed by atoms with Crippen molar-refractivity contribution in [2.45, 2.75) is 6.61 Å². The lowest BCUT2D eigenvalue weighted by Gasteiger charge is -2.00. The Morgan fingerprint density at radius 2 is 2.09 bits per heavy atom. The molecule has 0 unspecified atom stereocenters. The van der Waals surface area contributed by atoms with Crippen LogP contribution in [0.25, 0.3) is 11.5 Å². The van der Waals surface area contributed by atoms with Gasteiger partial charge in [-0.25, -0.2) is 4.79 Å². The molecule has 2 aromatic heterocycles. The number of carbonyl (C=O) groups excluding carboxylic acids is 1. The van der Waals surface area contributed by atoms with Gasteiger partial charge in [-0.05, 0) is 46.3 Å². The number of nitrogens with zero attached hydrogens (tertiary/aromatic N) is 2. The summed E-state index contributed by atoms with van der Waals surface area (Å²) < 4.78 is 16.4. The van der Waals surface area contributed by atoms with E-state index in [0.29, 0.717) is 11.6 Å². The van der Waals surface area contributed by atoms with Crippen LogP contribution in [-0.2, 0) is 11.3 Å². The molecule has 23 heavy (non-hydrogen) atoms. The van der Waals surface area contributed by atoms with Gasteiger partial charge in [0.15, 0.2) is 6.61 Å². The molecule has 8 heteroatoms. The first kappa shape index (κ1) is 15.3. The van der Waals surface area contributed by atoms with Crippen LogP contribution in [0.5, 0.6) is 5.75 Å². The van der Waals surface area contributed by atoms with Crippen LogP contribution >= 0.6 is 15.9 Å². The first-order chi connectivity index (χ1) is 11.2. The Kier molecular flexibility index (Phi) is 4.42. The van der Waals surface area contributed by atoms with Gasteiger partial charge in [-0.15, -0.1) is 10.2 Å². The summed E-state index contributed by atoms with van der Waals surface area (Å²) in [6, 6.07) is 8.82. The summed E-state index contributed by atoms with van der Waals surface area (Å²) in [5.41, 5.74) is 1.09. The van der Waals surface area contributed by atoms with E-state index in [9.17, 15) is 4.79 Å². The summed E-state index contributed by atoms with van der Waals surface area (Å²) in [6.45, 7) is -0.0986. The number of nitrogens with one attached hydrogen (secondary N) is 1. The van der Waals surface area contributed by atoms with E-state index in [1.807, 2.05) is 0 Å². The summed E-state index contributed by atoms with van der Waals surface area (Å²) in [4.78, 5) is 14.6. The van der Waals surface area contributed by atoms with Crippen molar-refractivity contribution in [2.24, 2.45) is 0 Å². The molecule has 0 atom stereocenters. The molecule has 3 rings (SSSR count). The number of rotatable bonds is 5. The van der Waals surface area contributed by atoms with E-state index in [0.717, 1.165) is 15.8 Å². The van der Waals surface area contributed by atoms with Crippen molar-refractivity contribution in [3.63, 3.8) is 0 Å². The van der Waals surface area contributed by atoms with Gasteiger partial charge in [0.05, 0.1) is 7.11 Å². The van der Waals surface area contributed by atoms with Gasteiger partial charge < -0.3 is 18.9 Å². The van der Waals surface area contributed by atoms with Crippen molar-refractivity contribution in [1.29, 1.82) is 0 Å². The van der Waals surface area contributed by atoms with Crippen LogP contribution in [0.15, 0.2) is 45.4 Å². The third-order valence-corrected chi connectivity index (χ3v) is 3.46. The number of aromatic nitrogens is 3. The Morgan fingerprint density at radius 3 is 2.74 bits per heavy atom. The Balaban J connectivity index is 1.63. The highest BCUT2D eigenvalue weighted by Crippen LogP contribution is 2.21. The number of benzene rings is 1. The third kappa shape index (κ3) is 3.59. The van der Waals surface area contributed by atoms with Crippen LogP contribution in [0.3, 0.4) is 0 Å². The second-order valence-corrected chi connectivity index (χ2v) is 5.45. The van der Waals surface area contributed by atoms with Gasteiger partial charge in [0, 0.05) is 16.2 Å². The highest BCUT2D eigenvalue weighted by molar-refractivity contribution is 9.10. The molecule has 0 radical (unpaired) electrons. The molecule has 3 aromatic rings. The van der Waals surface area contributed by atoms with Crippen molar-refractivity contribution in [3.05, 3.63) is 52.6 Å². The van der Waals surface area contributed by atoms with Gasteiger partial charge >= 0.3 is 5.97 Å². The molecule has 0 saturated carbocycles. The zero-order chi connectivity index (χ0) is 16.2. The second kappa shape index (κ2) is 6.66. The summed E-state index contributed by atoms with van der Waals surface area (Å²) in [7, 11) is 1.59. The monoisotopic (exact) mass is 377 g/mol. The van der Waals surface area contributed by atoms with Gasteiger partial charge in [0.25, 0.3) is 5.89 Å². The highest BCUT2D eigenvalue weighted by Gasteiger charge is 2.13. The molecule has 0 fully saturated rings. The normalized spacial score (nSPS) is 10.5. The molecule has 0 aliphatic heterocycles.